The Hall–Kier alpha value is -4.91. The van der Waals surface area contributed by atoms with Gasteiger partial charge in [0.2, 0.25) is 5.91 Å². The zero-order valence-electron chi connectivity index (χ0n) is 26.3. The fraction of sp³-hybridized carbons (Fsp3) is 0.324. The summed E-state index contributed by atoms with van der Waals surface area (Å²) in [5, 5.41) is 7.66. The van der Waals surface area contributed by atoms with Crippen LogP contribution in [0, 0.1) is 0 Å². The quantitative estimate of drug-likeness (QED) is 0.318. The molecule has 1 N–H and O–H groups in total. The van der Waals surface area contributed by atoms with Gasteiger partial charge in [-0.05, 0) is 60.4 Å². The van der Waals surface area contributed by atoms with Gasteiger partial charge >= 0.3 is 18.1 Å². The number of halogens is 4. The summed E-state index contributed by atoms with van der Waals surface area (Å²) in [5.41, 5.74) is 4.99. The lowest BCUT2D eigenvalue weighted by molar-refractivity contribution is -0.192. The number of alkyl halides is 3. The molecule has 14 heteroatoms. The van der Waals surface area contributed by atoms with E-state index in [4.69, 9.17) is 26.2 Å². The minimum atomic E-state index is -5.08. The highest BCUT2D eigenvalue weighted by atomic mass is 35.5. The van der Waals surface area contributed by atoms with Gasteiger partial charge in [-0.2, -0.15) is 13.2 Å². The molecule has 2 aliphatic rings. The molecule has 10 nitrogen and oxygen atoms in total. The number of carbonyl (C=O) groups excluding carboxylic acids is 3. The second-order valence-corrected chi connectivity index (χ2v) is 11.5. The summed E-state index contributed by atoms with van der Waals surface area (Å²) >= 11 is 6.02. The van der Waals surface area contributed by atoms with Gasteiger partial charge in [0, 0.05) is 48.4 Å². The molecule has 0 aliphatic carbocycles. The average Bonchev–Trinajstić information content (AvgIpc) is 3.43. The van der Waals surface area contributed by atoms with Gasteiger partial charge in [-0.1, -0.05) is 48.0 Å². The molecule has 0 saturated carbocycles. The Morgan fingerprint density at radius 1 is 0.979 bits per heavy atom. The highest BCUT2D eigenvalue weighted by Gasteiger charge is 2.38. The topological polar surface area (TPSA) is 120 Å². The Morgan fingerprint density at radius 2 is 1.62 bits per heavy atom. The van der Waals surface area contributed by atoms with Crippen LogP contribution in [0.15, 0.2) is 71.7 Å². The SMILES string of the molecule is CCOC(=O)CCc1ccc2c(c1)N(Cc1ccc(C3=NCCN3C)cc1)C(=O)CN(C(=O)c1ccc(Cl)cc1)C2.O=C(O)C(F)(F)F. The largest absolute Gasteiger partial charge is 0.490 e. The minimum absolute atomic E-state index is 0.0615. The van der Waals surface area contributed by atoms with E-state index in [2.05, 4.69) is 9.89 Å². The van der Waals surface area contributed by atoms with Crippen LogP contribution in [0.4, 0.5) is 18.9 Å². The van der Waals surface area contributed by atoms with Crippen molar-refractivity contribution in [3.8, 4) is 0 Å². The summed E-state index contributed by atoms with van der Waals surface area (Å²) in [6.07, 6.45) is -4.34. The molecule has 0 unspecified atom stereocenters. The Bertz CT molecular complexity index is 1680. The van der Waals surface area contributed by atoms with E-state index in [0.717, 1.165) is 46.9 Å². The van der Waals surface area contributed by atoms with E-state index in [0.29, 0.717) is 30.2 Å². The lowest BCUT2D eigenvalue weighted by atomic mass is 10.0. The van der Waals surface area contributed by atoms with E-state index in [1.54, 1.807) is 41.0 Å². The lowest BCUT2D eigenvalue weighted by Gasteiger charge is -2.24. The van der Waals surface area contributed by atoms with Crippen molar-refractivity contribution >= 4 is 46.9 Å². The van der Waals surface area contributed by atoms with Crippen LogP contribution in [-0.4, -0.2) is 84.0 Å². The van der Waals surface area contributed by atoms with Crippen LogP contribution in [-0.2, 0) is 38.6 Å². The molecule has 2 aliphatic heterocycles. The highest BCUT2D eigenvalue weighted by Crippen LogP contribution is 2.30. The number of aryl methyl sites for hydroxylation is 1. The van der Waals surface area contributed by atoms with Crippen molar-refractivity contribution in [2.45, 2.75) is 39.0 Å². The summed E-state index contributed by atoms with van der Waals surface area (Å²) < 4.78 is 36.8. The van der Waals surface area contributed by atoms with Crippen LogP contribution in [0.5, 0.6) is 0 Å². The van der Waals surface area contributed by atoms with Gasteiger partial charge in [-0.3, -0.25) is 19.4 Å². The van der Waals surface area contributed by atoms with Gasteiger partial charge in [-0.15, -0.1) is 0 Å². The molecule has 2 heterocycles. The Morgan fingerprint density at radius 3 is 2.21 bits per heavy atom. The first-order valence-electron chi connectivity index (χ1n) is 15.0. The zero-order chi connectivity index (χ0) is 35.0. The molecule has 0 fully saturated rings. The second-order valence-electron chi connectivity index (χ2n) is 11.0. The molecule has 48 heavy (non-hydrogen) atoms. The molecule has 0 radical (unpaired) electrons. The number of carboxylic acid groups (broad SMARTS) is 1. The number of carboxylic acids is 1. The number of fused-ring (bicyclic) bond motifs is 1. The van der Waals surface area contributed by atoms with E-state index < -0.39 is 12.1 Å². The standard InChI is InChI=1S/C32H33ClN4O4.C2HF3O2/c1-3-41-30(39)15-7-22-4-10-26-20-36(32(40)25-11-13-27(33)14-12-25)21-29(38)37(28(26)18-22)19-23-5-8-24(9-6-23)31-34-16-17-35(31)2;3-2(4,5)1(6)7/h4-6,8-14,18H,3,7,15-17,19-21H2,1-2H3;(H,6,7). The molecule has 3 aromatic carbocycles. The maximum Gasteiger partial charge on any atom is 0.490 e. The maximum atomic E-state index is 13.8. The van der Waals surface area contributed by atoms with Gasteiger partial charge in [-0.25, -0.2) is 4.79 Å². The van der Waals surface area contributed by atoms with Crippen molar-refractivity contribution in [1.82, 2.24) is 9.80 Å². The fourth-order valence-corrected chi connectivity index (χ4v) is 5.28. The first-order chi connectivity index (χ1) is 22.8. The molecule has 0 spiro atoms. The number of hydrogen-bond donors (Lipinski definition) is 1. The Balaban J connectivity index is 0.000000671. The third kappa shape index (κ3) is 9.34. The Labute approximate surface area is 280 Å². The summed E-state index contributed by atoms with van der Waals surface area (Å²) in [6, 6.07) is 20.6. The predicted molar refractivity (Wildman–Crippen MR) is 173 cm³/mol. The summed E-state index contributed by atoms with van der Waals surface area (Å²) in [4.78, 5) is 58.1. The summed E-state index contributed by atoms with van der Waals surface area (Å²) in [5.74, 6) is -2.46. The van der Waals surface area contributed by atoms with Gasteiger partial charge in [0.25, 0.3) is 5.91 Å². The minimum Gasteiger partial charge on any atom is -0.475 e. The molecule has 0 saturated heterocycles. The molecule has 0 atom stereocenters. The van der Waals surface area contributed by atoms with Crippen molar-refractivity contribution in [2.24, 2.45) is 4.99 Å². The highest BCUT2D eigenvalue weighted by molar-refractivity contribution is 6.30. The second kappa shape index (κ2) is 15.8. The van der Waals surface area contributed by atoms with Crippen molar-refractivity contribution in [2.75, 3.05) is 38.2 Å². The number of likely N-dealkylation sites (N-methyl/N-ethyl adjacent to an activating group) is 1. The molecule has 0 aromatic heterocycles. The molecular formula is C34H34ClF3N4O6. The van der Waals surface area contributed by atoms with Crippen LogP contribution in [0.2, 0.25) is 5.02 Å². The number of rotatable bonds is 8. The van der Waals surface area contributed by atoms with Crippen LogP contribution < -0.4 is 4.90 Å². The number of esters is 1. The van der Waals surface area contributed by atoms with E-state index in [1.165, 1.54) is 0 Å². The van der Waals surface area contributed by atoms with Gasteiger partial charge in [0.1, 0.15) is 12.4 Å². The molecule has 2 amide bonds. The van der Waals surface area contributed by atoms with Crippen LogP contribution in [0.3, 0.4) is 0 Å². The molecule has 3 aromatic rings. The number of amides is 2. The number of carbonyl (C=O) groups is 4. The lowest BCUT2D eigenvalue weighted by Crippen LogP contribution is -2.39. The zero-order valence-corrected chi connectivity index (χ0v) is 27.1. The molecule has 5 rings (SSSR count). The number of nitrogens with zero attached hydrogens (tertiary/aromatic N) is 4. The number of anilines is 1. The van der Waals surface area contributed by atoms with E-state index >= 15 is 0 Å². The van der Waals surface area contributed by atoms with Crippen molar-refractivity contribution in [3.05, 3.63) is 99.6 Å². The first-order valence-corrected chi connectivity index (χ1v) is 15.4. The first kappa shape index (κ1) is 35.9. The number of hydrogen-bond acceptors (Lipinski definition) is 7. The van der Waals surface area contributed by atoms with E-state index in [9.17, 15) is 27.6 Å². The summed E-state index contributed by atoms with van der Waals surface area (Å²) in [7, 11) is 2.03. The molecular weight excluding hydrogens is 653 g/mol. The molecule has 0 bridgehead atoms. The monoisotopic (exact) mass is 686 g/mol. The van der Waals surface area contributed by atoms with Gasteiger partial charge in [0.15, 0.2) is 0 Å². The van der Waals surface area contributed by atoms with E-state index in [1.807, 2.05) is 49.5 Å². The maximum absolute atomic E-state index is 13.8. The molecule has 254 valence electrons. The summed E-state index contributed by atoms with van der Waals surface area (Å²) in [6.45, 7) is 4.38. The normalized spacial score (nSPS) is 14.4. The average molecular weight is 687 g/mol. The number of benzene rings is 3. The number of amidine groups is 1. The van der Waals surface area contributed by atoms with Gasteiger partial charge < -0.3 is 24.5 Å². The Kier molecular flexibility index (Phi) is 11.8. The fourth-order valence-electron chi connectivity index (χ4n) is 5.15. The predicted octanol–water partition coefficient (Wildman–Crippen LogP) is 5.35. The van der Waals surface area contributed by atoms with Crippen molar-refractivity contribution < 1.29 is 42.2 Å². The van der Waals surface area contributed by atoms with Crippen molar-refractivity contribution in [1.29, 1.82) is 0 Å². The number of aliphatic carboxylic acids is 1. The van der Waals surface area contributed by atoms with Crippen LogP contribution in [0.1, 0.15) is 46.0 Å². The van der Waals surface area contributed by atoms with Gasteiger partial charge in [0.05, 0.1) is 19.7 Å². The van der Waals surface area contributed by atoms with Crippen molar-refractivity contribution in [3.63, 3.8) is 0 Å². The van der Waals surface area contributed by atoms with E-state index in [-0.39, 0.29) is 37.3 Å². The third-order valence-electron chi connectivity index (χ3n) is 7.58. The number of ether oxygens (including phenoxy) is 1. The third-order valence-corrected chi connectivity index (χ3v) is 7.84. The van der Waals surface area contributed by atoms with Crippen LogP contribution >= 0.6 is 11.6 Å². The van der Waals surface area contributed by atoms with Crippen LogP contribution in [0.25, 0.3) is 0 Å². The smallest absolute Gasteiger partial charge is 0.475 e. The number of aliphatic imine (C=N–C) groups is 1.